The van der Waals surface area contributed by atoms with E-state index in [1.807, 2.05) is 32.3 Å². The van der Waals surface area contributed by atoms with Gasteiger partial charge in [-0.05, 0) is 25.2 Å². The number of amides is 1. The Hall–Kier alpha value is -2.36. The Balaban J connectivity index is 1.88. The number of aliphatic imine (C=N–C) groups is 1. The number of hydrogen-bond donors (Lipinski definition) is 3. The monoisotopic (exact) mass is 405 g/mol. The summed E-state index contributed by atoms with van der Waals surface area (Å²) in [6.07, 6.45) is 0. The minimum Gasteiger partial charge on any atom is -0.496 e. The number of nitrogens with one attached hydrogen (secondary N) is 2. The molecule has 1 aromatic rings. The molecule has 1 heterocycles. The summed E-state index contributed by atoms with van der Waals surface area (Å²) in [5, 5.41) is 6.14. The molecule has 29 heavy (non-hydrogen) atoms. The maximum Gasteiger partial charge on any atom is 0.236 e. The molecule has 0 saturated carbocycles. The van der Waals surface area contributed by atoms with Crippen molar-refractivity contribution in [1.82, 2.24) is 20.0 Å². The summed E-state index contributed by atoms with van der Waals surface area (Å²) in [5.74, 6) is 1.40. The quantitative estimate of drug-likeness (QED) is 0.388. The highest BCUT2D eigenvalue weighted by atomic mass is 16.5. The molecule has 9 heteroatoms. The second kappa shape index (κ2) is 11.6. The number of hydrogen-bond acceptors (Lipinski definition) is 6. The van der Waals surface area contributed by atoms with Gasteiger partial charge in [0, 0.05) is 71.2 Å². The maximum absolute atomic E-state index is 12.3. The van der Waals surface area contributed by atoms with E-state index in [9.17, 15) is 4.79 Å². The first-order valence-electron chi connectivity index (χ1n) is 9.96. The van der Waals surface area contributed by atoms with Crippen molar-refractivity contribution >= 4 is 17.6 Å². The number of ether oxygens (including phenoxy) is 1. The van der Waals surface area contributed by atoms with Crippen molar-refractivity contribution < 1.29 is 9.53 Å². The fourth-order valence-corrected chi connectivity index (χ4v) is 3.25. The molecule has 0 spiro atoms. The van der Waals surface area contributed by atoms with Crippen molar-refractivity contribution in [2.75, 3.05) is 79.4 Å². The van der Waals surface area contributed by atoms with Gasteiger partial charge in [-0.1, -0.05) is 0 Å². The van der Waals surface area contributed by atoms with Crippen LogP contribution < -0.4 is 21.1 Å². The topological polar surface area (TPSA) is 98.5 Å². The van der Waals surface area contributed by atoms with Crippen molar-refractivity contribution in [3.63, 3.8) is 0 Å². The van der Waals surface area contributed by atoms with Crippen molar-refractivity contribution in [2.45, 2.75) is 6.54 Å². The molecule has 9 nitrogen and oxygen atoms in total. The summed E-state index contributed by atoms with van der Waals surface area (Å²) in [7, 11) is 7.08. The van der Waals surface area contributed by atoms with Crippen LogP contribution in [0.25, 0.3) is 0 Å². The van der Waals surface area contributed by atoms with Gasteiger partial charge in [0.25, 0.3) is 0 Å². The van der Waals surface area contributed by atoms with Crippen molar-refractivity contribution in [3.8, 4) is 5.75 Å². The van der Waals surface area contributed by atoms with Gasteiger partial charge in [0.15, 0.2) is 5.96 Å². The highest BCUT2D eigenvalue weighted by Crippen LogP contribution is 2.24. The molecule has 0 aromatic heterocycles. The van der Waals surface area contributed by atoms with E-state index in [-0.39, 0.29) is 5.91 Å². The predicted molar refractivity (Wildman–Crippen MR) is 117 cm³/mol. The van der Waals surface area contributed by atoms with E-state index in [0.29, 0.717) is 12.5 Å². The number of guanidine groups is 1. The zero-order chi connectivity index (χ0) is 21.2. The SMILES string of the molecule is CN=C(N)Nc1ccc(OC)c(CN2CCN(CC(=O)N(C)CCNC)CC2)c1. The lowest BCUT2D eigenvalue weighted by Crippen LogP contribution is -2.49. The predicted octanol–water partition coefficient (Wildman–Crippen LogP) is -0.153. The Bertz CT molecular complexity index is 687. The summed E-state index contributed by atoms with van der Waals surface area (Å²) in [6.45, 7) is 6.37. The number of nitrogens with two attached hydrogens (primary N) is 1. The zero-order valence-corrected chi connectivity index (χ0v) is 18.1. The standard InChI is InChI=1S/C20H35N7O2/c1-22-7-8-25(3)19(28)15-27-11-9-26(10-12-27)14-16-13-17(24-20(21)23-2)5-6-18(16)29-4/h5-6,13,22H,7-12,14-15H2,1-4H3,(H3,21,23,24). The summed E-state index contributed by atoms with van der Waals surface area (Å²) in [5.41, 5.74) is 7.75. The molecule has 0 unspecified atom stereocenters. The largest absolute Gasteiger partial charge is 0.496 e. The van der Waals surface area contributed by atoms with E-state index in [0.717, 1.165) is 62.8 Å². The third kappa shape index (κ3) is 7.19. The summed E-state index contributed by atoms with van der Waals surface area (Å²) in [4.78, 5) is 22.7. The summed E-state index contributed by atoms with van der Waals surface area (Å²) < 4.78 is 5.52. The minimum atomic E-state index is 0.171. The van der Waals surface area contributed by atoms with Gasteiger partial charge in [-0.15, -0.1) is 0 Å². The molecule has 1 aliphatic rings. The van der Waals surface area contributed by atoms with Crippen molar-refractivity contribution in [1.29, 1.82) is 0 Å². The van der Waals surface area contributed by atoms with Gasteiger partial charge in [-0.2, -0.15) is 0 Å². The second-order valence-electron chi connectivity index (χ2n) is 7.23. The molecule has 1 amide bonds. The molecule has 4 N–H and O–H groups in total. The fraction of sp³-hybridized carbons (Fsp3) is 0.600. The highest BCUT2D eigenvalue weighted by molar-refractivity contribution is 5.92. The third-order valence-electron chi connectivity index (χ3n) is 5.13. The van der Waals surface area contributed by atoms with E-state index in [1.54, 1.807) is 19.1 Å². The Kier molecular flexibility index (Phi) is 9.17. The molecular formula is C20H35N7O2. The maximum atomic E-state index is 12.3. The van der Waals surface area contributed by atoms with Crippen LogP contribution in [-0.4, -0.2) is 101 Å². The van der Waals surface area contributed by atoms with Gasteiger partial charge in [0.05, 0.1) is 13.7 Å². The molecule has 1 aliphatic heterocycles. The molecule has 0 bridgehead atoms. The number of carbonyl (C=O) groups is 1. The average molecular weight is 406 g/mol. The summed E-state index contributed by atoms with van der Waals surface area (Å²) in [6, 6.07) is 5.91. The van der Waals surface area contributed by atoms with E-state index in [2.05, 4.69) is 25.4 Å². The van der Waals surface area contributed by atoms with Crippen LogP contribution in [0.5, 0.6) is 5.75 Å². The zero-order valence-electron chi connectivity index (χ0n) is 18.1. The van der Waals surface area contributed by atoms with Gasteiger partial charge in [-0.25, -0.2) is 0 Å². The minimum absolute atomic E-state index is 0.171. The van der Waals surface area contributed by atoms with Crippen LogP contribution in [-0.2, 0) is 11.3 Å². The van der Waals surface area contributed by atoms with Crippen LogP contribution in [0.2, 0.25) is 0 Å². The number of piperazine rings is 1. The van der Waals surface area contributed by atoms with Crippen molar-refractivity contribution in [3.05, 3.63) is 23.8 Å². The highest BCUT2D eigenvalue weighted by Gasteiger charge is 2.21. The van der Waals surface area contributed by atoms with Crippen LogP contribution in [0, 0.1) is 0 Å². The lowest BCUT2D eigenvalue weighted by molar-refractivity contribution is -0.131. The number of nitrogens with zero attached hydrogens (tertiary/aromatic N) is 4. The first kappa shape index (κ1) is 22.9. The van der Waals surface area contributed by atoms with Gasteiger partial charge in [0.1, 0.15) is 5.75 Å². The number of methoxy groups -OCH3 is 1. The molecule has 2 rings (SSSR count). The van der Waals surface area contributed by atoms with Crippen LogP contribution in [0.4, 0.5) is 5.69 Å². The molecule has 0 aliphatic carbocycles. The van der Waals surface area contributed by atoms with Crippen LogP contribution >= 0.6 is 0 Å². The Morgan fingerprint density at radius 3 is 2.59 bits per heavy atom. The number of carbonyl (C=O) groups excluding carboxylic acids is 1. The Labute approximate surface area is 173 Å². The summed E-state index contributed by atoms with van der Waals surface area (Å²) >= 11 is 0. The Morgan fingerprint density at radius 2 is 1.97 bits per heavy atom. The molecular weight excluding hydrogens is 370 g/mol. The lowest BCUT2D eigenvalue weighted by Gasteiger charge is -2.35. The first-order valence-corrected chi connectivity index (χ1v) is 9.96. The van der Waals surface area contributed by atoms with E-state index in [1.165, 1.54) is 0 Å². The van der Waals surface area contributed by atoms with E-state index < -0.39 is 0 Å². The van der Waals surface area contributed by atoms with E-state index in [4.69, 9.17) is 10.5 Å². The molecule has 1 saturated heterocycles. The van der Waals surface area contributed by atoms with Crippen LogP contribution in [0.1, 0.15) is 5.56 Å². The van der Waals surface area contributed by atoms with Gasteiger partial charge < -0.3 is 26.0 Å². The van der Waals surface area contributed by atoms with Crippen LogP contribution in [0.15, 0.2) is 23.2 Å². The molecule has 0 atom stereocenters. The normalized spacial score (nSPS) is 15.9. The Morgan fingerprint density at radius 1 is 1.28 bits per heavy atom. The number of benzene rings is 1. The molecule has 1 aromatic carbocycles. The van der Waals surface area contributed by atoms with Crippen LogP contribution in [0.3, 0.4) is 0 Å². The number of rotatable bonds is 9. The molecule has 1 fully saturated rings. The molecule has 0 radical (unpaired) electrons. The number of anilines is 1. The smallest absolute Gasteiger partial charge is 0.236 e. The fourth-order valence-electron chi connectivity index (χ4n) is 3.25. The first-order chi connectivity index (χ1) is 14.0. The third-order valence-corrected chi connectivity index (χ3v) is 5.13. The number of likely N-dealkylation sites (N-methyl/N-ethyl adjacent to an activating group) is 2. The van der Waals surface area contributed by atoms with Gasteiger partial charge in [-0.3, -0.25) is 19.6 Å². The van der Waals surface area contributed by atoms with Gasteiger partial charge in [0.2, 0.25) is 5.91 Å². The van der Waals surface area contributed by atoms with E-state index >= 15 is 0 Å². The lowest BCUT2D eigenvalue weighted by atomic mass is 10.1. The average Bonchev–Trinajstić information content (AvgIpc) is 2.73. The van der Waals surface area contributed by atoms with Gasteiger partial charge >= 0.3 is 0 Å². The molecule has 162 valence electrons. The van der Waals surface area contributed by atoms with Crippen molar-refractivity contribution in [2.24, 2.45) is 10.7 Å². The second-order valence-corrected chi connectivity index (χ2v) is 7.23.